The average molecular weight is 371 g/mol. The zero-order valence-electron chi connectivity index (χ0n) is 14.9. The number of nitrogens with one attached hydrogen (secondary N) is 1. The van der Waals surface area contributed by atoms with Crippen molar-refractivity contribution in [1.82, 2.24) is 5.32 Å². The molecule has 2 aromatic carbocycles. The maximum absolute atomic E-state index is 13.2. The Kier molecular flexibility index (Phi) is 5.14. The van der Waals surface area contributed by atoms with Crippen molar-refractivity contribution in [2.45, 2.75) is 44.2 Å². The minimum Gasteiger partial charge on any atom is -0.490 e. The second kappa shape index (κ2) is 7.86. The molecule has 1 aliphatic heterocycles. The number of halogens is 1. The van der Waals surface area contributed by atoms with Crippen LogP contribution in [-0.2, 0) is 11.2 Å². The molecule has 0 unspecified atom stereocenters. The first-order chi connectivity index (χ1) is 13.2. The Bertz CT molecular complexity index is 818. The molecule has 2 aliphatic rings. The van der Waals surface area contributed by atoms with Crippen LogP contribution in [0.3, 0.4) is 0 Å². The van der Waals surface area contributed by atoms with Crippen molar-refractivity contribution in [3.05, 3.63) is 53.8 Å². The fourth-order valence-electron chi connectivity index (χ4n) is 3.58. The van der Waals surface area contributed by atoms with Crippen molar-refractivity contribution in [2.24, 2.45) is 0 Å². The van der Waals surface area contributed by atoms with Gasteiger partial charge in [0.2, 0.25) is 12.7 Å². The number of amides is 1. The van der Waals surface area contributed by atoms with Gasteiger partial charge in [0.05, 0.1) is 12.5 Å². The summed E-state index contributed by atoms with van der Waals surface area (Å²) in [5.41, 5.74) is 0.687. The summed E-state index contributed by atoms with van der Waals surface area (Å²) in [5, 5.41) is 3.05. The molecule has 0 aromatic heterocycles. The Labute approximate surface area is 157 Å². The third-order valence-corrected chi connectivity index (χ3v) is 4.94. The van der Waals surface area contributed by atoms with E-state index in [-0.39, 0.29) is 37.1 Å². The van der Waals surface area contributed by atoms with Gasteiger partial charge in [-0.05, 0) is 55.5 Å². The van der Waals surface area contributed by atoms with E-state index in [0.717, 1.165) is 37.2 Å². The number of rotatable bonds is 5. The van der Waals surface area contributed by atoms with Gasteiger partial charge in [0, 0.05) is 12.1 Å². The van der Waals surface area contributed by atoms with Gasteiger partial charge in [-0.1, -0.05) is 12.1 Å². The number of fused-ring (bicyclic) bond motifs is 1. The van der Waals surface area contributed by atoms with Gasteiger partial charge >= 0.3 is 0 Å². The Morgan fingerprint density at radius 3 is 2.70 bits per heavy atom. The highest BCUT2D eigenvalue weighted by molar-refractivity contribution is 5.78. The van der Waals surface area contributed by atoms with E-state index in [1.807, 2.05) is 18.2 Å². The van der Waals surface area contributed by atoms with Gasteiger partial charge in [-0.3, -0.25) is 4.79 Å². The fourth-order valence-corrected chi connectivity index (χ4v) is 3.58. The SMILES string of the molecule is O=C(Cc1cccc(F)c1)NC1CCC(Oc2ccc3c(c2)OCO3)CC1. The van der Waals surface area contributed by atoms with E-state index in [2.05, 4.69) is 5.32 Å². The topological polar surface area (TPSA) is 56.8 Å². The molecule has 27 heavy (non-hydrogen) atoms. The maximum Gasteiger partial charge on any atom is 0.231 e. The van der Waals surface area contributed by atoms with Gasteiger partial charge in [0.1, 0.15) is 11.6 Å². The van der Waals surface area contributed by atoms with Crippen LogP contribution < -0.4 is 19.5 Å². The number of hydrogen-bond acceptors (Lipinski definition) is 4. The fraction of sp³-hybridized carbons (Fsp3) is 0.381. The molecule has 1 fully saturated rings. The van der Waals surface area contributed by atoms with Gasteiger partial charge < -0.3 is 19.5 Å². The Hall–Kier alpha value is -2.76. The Morgan fingerprint density at radius 1 is 1.07 bits per heavy atom. The van der Waals surface area contributed by atoms with Crippen molar-refractivity contribution < 1.29 is 23.4 Å². The van der Waals surface area contributed by atoms with E-state index < -0.39 is 0 Å². The highest BCUT2D eigenvalue weighted by atomic mass is 19.1. The minimum atomic E-state index is -0.318. The monoisotopic (exact) mass is 371 g/mol. The molecular weight excluding hydrogens is 349 g/mol. The van der Waals surface area contributed by atoms with Crippen LogP contribution in [0.4, 0.5) is 4.39 Å². The lowest BCUT2D eigenvalue weighted by Gasteiger charge is -2.29. The molecule has 0 bridgehead atoms. The van der Waals surface area contributed by atoms with E-state index in [0.29, 0.717) is 11.3 Å². The normalized spacial score (nSPS) is 20.9. The molecule has 0 saturated heterocycles. The molecule has 4 rings (SSSR count). The molecule has 6 heteroatoms. The highest BCUT2D eigenvalue weighted by Crippen LogP contribution is 2.36. The van der Waals surface area contributed by atoms with E-state index >= 15 is 0 Å². The molecule has 0 spiro atoms. The second-order valence-corrected chi connectivity index (χ2v) is 6.98. The van der Waals surface area contributed by atoms with Crippen molar-refractivity contribution in [3.8, 4) is 17.2 Å². The number of ether oxygens (including phenoxy) is 3. The summed E-state index contributed by atoms with van der Waals surface area (Å²) in [6, 6.07) is 11.9. The summed E-state index contributed by atoms with van der Waals surface area (Å²) in [6.07, 6.45) is 3.81. The standard InChI is InChI=1S/C21H22FNO4/c22-15-3-1-2-14(10-15)11-21(24)23-16-4-6-17(7-5-16)27-18-8-9-19-20(12-18)26-13-25-19/h1-3,8-10,12,16-17H,4-7,11,13H2,(H,23,24). The van der Waals surface area contributed by atoms with Gasteiger partial charge in [-0.15, -0.1) is 0 Å². The predicted octanol–water partition coefficient (Wildman–Crippen LogP) is 3.60. The first-order valence-electron chi connectivity index (χ1n) is 9.26. The molecule has 0 radical (unpaired) electrons. The minimum absolute atomic E-state index is 0.0688. The van der Waals surface area contributed by atoms with Crippen LogP contribution in [0, 0.1) is 5.82 Å². The van der Waals surface area contributed by atoms with Crippen molar-refractivity contribution in [2.75, 3.05) is 6.79 Å². The van der Waals surface area contributed by atoms with Gasteiger partial charge in [-0.2, -0.15) is 0 Å². The lowest BCUT2D eigenvalue weighted by atomic mass is 9.92. The summed E-state index contributed by atoms with van der Waals surface area (Å²) in [4.78, 5) is 12.2. The smallest absolute Gasteiger partial charge is 0.231 e. The average Bonchev–Trinajstić information content (AvgIpc) is 3.11. The first kappa shape index (κ1) is 17.6. The van der Waals surface area contributed by atoms with Crippen LogP contribution >= 0.6 is 0 Å². The molecular formula is C21H22FNO4. The quantitative estimate of drug-likeness (QED) is 0.873. The molecule has 1 heterocycles. The molecule has 0 atom stereocenters. The molecule has 5 nitrogen and oxygen atoms in total. The zero-order chi connectivity index (χ0) is 18.6. The molecule has 1 aliphatic carbocycles. The number of carbonyl (C=O) groups is 1. The van der Waals surface area contributed by atoms with Crippen LogP contribution in [0.1, 0.15) is 31.2 Å². The largest absolute Gasteiger partial charge is 0.490 e. The molecule has 1 amide bonds. The molecule has 1 saturated carbocycles. The Balaban J connectivity index is 1.23. The lowest BCUT2D eigenvalue weighted by Crippen LogP contribution is -2.40. The van der Waals surface area contributed by atoms with E-state index in [9.17, 15) is 9.18 Å². The van der Waals surface area contributed by atoms with Crippen LogP contribution in [0.15, 0.2) is 42.5 Å². The van der Waals surface area contributed by atoms with E-state index in [1.54, 1.807) is 12.1 Å². The summed E-state index contributed by atoms with van der Waals surface area (Å²) >= 11 is 0. The predicted molar refractivity (Wildman–Crippen MR) is 97.5 cm³/mol. The first-order valence-corrected chi connectivity index (χ1v) is 9.26. The highest BCUT2D eigenvalue weighted by Gasteiger charge is 2.24. The van der Waals surface area contributed by atoms with Crippen molar-refractivity contribution >= 4 is 5.91 Å². The molecule has 1 N–H and O–H groups in total. The summed E-state index contributed by atoms with van der Waals surface area (Å²) in [6.45, 7) is 0.249. The van der Waals surface area contributed by atoms with Crippen LogP contribution in [0.25, 0.3) is 0 Å². The van der Waals surface area contributed by atoms with Gasteiger partial charge in [0.15, 0.2) is 11.5 Å². The Morgan fingerprint density at radius 2 is 1.89 bits per heavy atom. The summed E-state index contributed by atoms with van der Waals surface area (Å²) in [7, 11) is 0. The van der Waals surface area contributed by atoms with E-state index in [4.69, 9.17) is 14.2 Å². The van der Waals surface area contributed by atoms with Crippen LogP contribution in [0.2, 0.25) is 0 Å². The van der Waals surface area contributed by atoms with Gasteiger partial charge in [0.25, 0.3) is 0 Å². The summed E-state index contributed by atoms with van der Waals surface area (Å²) < 4.78 is 29.9. The summed E-state index contributed by atoms with van der Waals surface area (Å²) in [5.74, 6) is 1.85. The zero-order valence-corrected chi connectivity index (χ0v) is 14.9. The molecule has 142 valence electrons. The maximum atomic E-state index is 13.2. The van der Waals surface area contributed by atoms with Crippen LogP contribution in [-0.4, -0.2) is 24.8 Å². The van der Waals surface area contributed by atoms with Crippen molar-refractivity contribution in [3.63, 3.8) is 0 Å². The third-order valence-electron chi connectivity index (χ3n) is 4.94. The third kappa shape index (κ3) is 4.51. The number of carbonyl (C=O) groups excluding carboxylic acids is 1. The van der Waals surface area contributed by atoms with Crippen LogP contribution in [0.5, 0.6) is 17.2 Å². The van der Waals surface area contributed by atoms with Crippen molar-refractivity contribution in [1.29, 1.82) is 0 Å². The van der Waals surface area contributed by atoms with E-state index in [1.165, 1.54) is 12.1 Å². The molecule has 2 aromatic rings. The number of hydrogen-bond donors (Lipinski definition) is 1. The second-order valence-electron chi connectivity index (χ2n) is 6.98. The number of benzene rings is 2. The van der Waals surface area contributed by atoms with Gasteiger partial charge in [-0.25, -0.2) is 4.39 Å². The lowest BCUT2D eigenvalue weighted by molar-refractivity contribution is -0.121.